The number of methoxy groups -OCH3 is 1. The number of aryl methyl sites for hydroxylation is 1. The summed E-state index contributed by atoms with van der Waals surface area (Å²) in [6, 6.07) is 11.5. The molecule has 3 rings (SSSR count). The van der Waals surface area contributed by atoms with Gasteiger partial charge in [-0.3, -0.25) is 9.20 Å². The van der Waals surface area contributed by atoms with Crippen LogP contribution in [0.2, 0.25) is 0 Å². The van der Waals surface area contributed by atoms with Gasteiger partial charge in [0.2, 0.25) is 0 Å². The summed E-state index contributed by atoms with van der Waals surface area (Å²) in [5.74, 6) is 1.36. The maximum atomic E-state index is 12.7. The molecule has 1 N–H and O–H groups in total. The monoisotopic (exact) mass is 353 g/mol. The van der Waals surface area contributed by atoms with Crippen LogP contribution in [0.15, 0.2) is 42.6 Å². The van der Waals surface area contributed by atoms with E-state index in [0.29, 0.717) is 35.9 Å². The number of hydrogen-bond acceptors (Lipinski definition) is 4. The number of nitrogens with zero attached hydrogens (tertiary/aromatic N) is 2. The van der Waals surface area contributed by atoms with Crippen LogP contribution in [0.25, 0.3) is 5.65 Å². The molecule has 6 nitrogen and oxygen atoms in total. The summed E-state index contributed by atoms with van der Waals surface area (Å²) in [4.78, 5) is 17.2. The normalized spacial score (nSPS) is 10.7. The Labute approximate surface area is 152 Å². The maximum Gasteiger partial charge on any atom is 0.270 e. The second-order valence-corrected chi connectivity index (χ2v) is 5.90. The van der Waals surface area contributed by atoms with Crippen molar-refractivity contribution in [2.75, 3.05) is 20.3 Å². The Hall–Kier alpha value is -3.02. The average molecular weight is 353 g/mol. The molecule has 0 atom stereocenters. The number of fused-ring (bicyclic) bond motifs is 1. The number of carbonyl (C=O) groups excluding carboxylic acids is 1. The average Bonchev–Trinajstić information content (AvgIpc) is 2.99. The molecule has 0 saturated heterocycles. The van der Waals surface area contributed by atoms with Crippen molar-refractivity contribution in [3.8, 4) is 11.5 Å². The van der Waals surface area contributed by atoms with Gasteiger partial charge in [0.05, 0.1) is 19.4 Å². The summed E-state index contributed by atoms with van der Waals surface area (Å²) < 4.78 is 12.5. The minimum atomic E-state index is -0.142. The molecular formula is C20H23N3O3. The predicted molar refractivity (Wildman–Crippen MR) is 100 cm³/mol. The third-order valence-electron chi connectivity index (χ3n) is 4.16. The summed E-state index contributed by atoms with van der Waals surface area (Å²) >= 11 is 0. The van der Waals surface area contributed by atoms with Crippen molar-refractivity contribution in [1.82, 2.24) is 14.7 Å². The zero-order valence-corrected chi connectivity index (χ0v) is 15.3. The molecule has 0 radical (unpaired) electrons. The van der Waals surface area contributed by atoms with E-state index >= 15 is 0 Å². The highest BCUT2D eigenvalue weighted by atomic mass is 16.5. The maximum absolute atomic E-state index is 12.7. The van der Waals surface area contributed by atoms with E-state index in [-0.39, 0.29) is 5.91 Å². The van der Waals surface area contributed by atoms with Crippen LogP contribution in [0.4, 0.5) is 0 Å². The summed E-state index contributed by atoms with van der Waals surface area (Å²) in [5.41, 5.74) is 3.02. The zero-order valence-electron chi connectivity index (χ0n) is 15.3. The Morgan fingerprint density at radius 2 is 2.00 bits per heavy atom. The van der Waals surface area contributed by atoms with Gasteiger partial charge in [0.1, 0.15) is 11.4 Å². The second kappa shape index (κ2) is 7.91. The molecule has 0 fully saturated rings. The molecule has 1 amide bonds. The number of aromatic nitrogens is 2. The summed E-state index contributed by atoms with van der Waals surface area (Å²) in [6.45, 7) is 4.85. The van der Waals surface area contributed by atoms with E-state index in [9.17, 15) is 4.79 Å². The van der Waals surface area contributed by atoms with Gasteiger partial charge in [-0.1, -0.05) is 12.1 Å². The van der Waals surface area contributed by atoms with Gasteiger partial charge in [-0.25, -0.2) is 4.98 Å². The molecular weight excluding hydrogens is 330 g/mol. The number of ether oxygens (including phenoxy) is 2. The van der Waals surface area contributed by atoms with E-state index in [0.717, 1.165) is 17.7 Å². The SMILES string of the molecule is CCOc1cccn2c(C(=O)NCCc3ccc(OC)cc3)c(C)nc12. The topological polar surface area (TPSA) is 64.9 Å². The van der Waals surface area contributed by atoms with Crippen molar-refractivity contribution < 1.29 is 14.3 Å². The molecule has 0 aliphatic carbocycles. The van der Waals surface area contributed by atoms with Crippen molar-refractivity contribution in [2.45, 2.75) is 20.3 Å². The molecule has 3 aromatic rings. The van der Waals surface area contributed by atoms with Gasteiger partial charge in [0.25, 0.3) is 5.91 Å². The van der Waals surface area contributed by atoms with Crippen LogP contribution < -0.4 is 14.8 Å². The van der Waals surface area contributed by atoms with Crippen molar-refractivity contribution in [3.63, 3.8) is 0 Å². The molecule has 2 aromatic heterocycles. The van der Waals surface area contributed by atoms with Crippen LogP contribution in [-0.2, 0) is 6.42 Å². The first-order valence-electron chi connectivity index (χ1n) is 8.65. The standard InChI is InChI=1S/C20H23N3O3/c1-4-26-17-6-5-13-23-18(14(2)22-19(17)23)20(24)21-12-11-15-7-9-16(25-3)10-8-15/h5-10,13H,4,11-12H2,1-3H3,(H,21,24). The first-order valence-corrected chi connectivity index (χ1v) is 8.65. The first-order chi connectivity index (χ1) is 12.6. The first kappa shape index (κ1) is 17.8. The van der Waals surface area contributed by atoms with Gasteiger partial charge in [-0.2, -0.15) is 0 Å². The Bertz CT molecular complexity index is 901. The molecule has 136 valence electrons. The molecule has 0 aliphatic rings. The summed E-state index contributed by atoms with van der Waals surface area (Å²) in [5, 5.41) is 2.97. The van der Waals surface area contributed by atoms with E-state index in [1.807, 2.05) is 56.4 Å². The minimum absolute atomic E-state index is 0.142. The van der Waals surface area contributed by atoms with Crippen LogP contribution in [-0.4, -0.2) is 35.6 Å². The molecule has 0 unspecified atom stereocenters. The smallest absolute Gasteiger partial charge is 0.270 e. The summed E-state index contributed by atoms with van der Waals surface area (Å²) in [7, 11) is 1.64. The lowest BCUT2D eigenvalue weighted by Gasteiger charge is -2.08. The highest BCUT2D eigenvalue weighted by Gasteiger charge is 2.18. The van der Waals surface area contributed by atoms with Gasteiger partial charge in [-0.05, 0) is 50.1 Å². The number of amides is 1. The lowest BCUT2D eigenvalue weighted by atomic mass is 10.1. The third kappa shape index (κ3) is 3.64. The van der Waals surface area contributed by atoms with Gasteiger partial charge in [0.15, 0.2) is 11.4 Å². The van der Waals surface area contributed by atoms with Crippen LogP contribution in [0.1, 0.15) is 28.7 Å². The Morgan fingerprint density at radius 3 is 2.69 bits per heavy atom. The lowest BCUT2D eigenvalue weighted by molar-refractivity contribution is 0.0947. The molecule has 0 saturated carbocycles. The number of rotatable bonds is 7. The van der Waals surface area contributed by atoms with Crippen molar-refractivity contribution >= 4 is 11.6 Å². The van der Waals surface area contributed by atoms with E-state index in [1.165, 1.54) is 0 Å². The van der Waals surface area contributed by atoms with Crippen LogP contribution in [0, 0.1) is 6.92 Å². The quantitative estimate of drug-likeness (QED) is 0.709. The van der Waals surface area contributed by atoms with Gasteiger partial charge in [0, 0.05) is 12.7 Å². The highest BCUT2D eigenvalue weighted by Crippen LogP contribution is 2.22. The lowest BCUT2D eigenvalue weighted by Crippen LogP contribution is -2.27. The molecule has 0 aliphatic heterocycles. The fourth-order valence-electron chi connectivity index (χ4n) is 2.89. The molecule has 6 heteroatoms. The fourth-order valence-corrected chi connectivity index (χ4v) is 2.89. The van der Waals surface area contributed by atoms with Gasteiger partial charge in [-0.15, -0.1) is 0 Å². The van der Waals surface area contributed by atoms with E-state index < -0.39 is 0 Å². The number of imidazole rings is 1. The van der Waals surface area contributed by atoms with Crippen molar-refractivity contribution in [2.24, 2.45) is 0 Å². The van der Waals surface area contributed by atoms with E-state index in [1.54, 1.807) is 11.5 Å². The molecule has 0 bridgehead atoms. The molecule has 0 spiro atoms. The van der Waals surface area contributed by atoms with E-state index in [4.69, 9.17) is 9.47 Å². The molecule has 1 aromatic carbocycles. The largest absolute Gasteiger partial charge is 0.497 e. The highest BCUT2D eigenvalue weighted by molar-refractivity contribution is 5.95. The Balaban J connectivity index is 1.71. The number of carbonyl (C=O) groups is 1. The molecule has 26 heavy (non-hydrogen) atoms. The number of nitrogens with one attached hydrogen (secondary N) is 1. The zero-order chi connectivity index (χ0) is 18.5. The van der Waals surface area contributed by atoms with E-state index in [2.05, 4.69) is 10.3 Å². The fraction of sp³-hybridized carbons (Fsp3) is 0.300. The number of pyridine rings is 1. The number of benzene rings is 1. The Kier molecular flexibility index (Phi) is 5.41. The number of hydrogen-bond donors (Lipinski definition) is 1. The van der Waals surface area contributed by atoms with Crippen LogP contribution >= 0.6 is 0 Å². The third-order valence-corrected chi connectivity index (χ3v) is 4.16. The predicted octanol–water partition coefficient (Wildman–Crippen LogP) is 3.02. The van der Waals surface area contributed by atoms with Crippen LogP contribution in [0.3, 0.4) is 0 Å². The van der Waals surface area contributed by atoms with Crippen LogP contribution in [0.5, 0.6) is 11.5 Å². The Morgan fingerprint density at radius 1 is 1.23 bits per heavy atom. The molecule has 2 heterocycles. The van der Waals surface area contributed by atoms with Gasteiger partial charge < -0.3 is 14.8 Å². The van der Waals surface area contributed by atoms with Gasteiger partial charge >= 0.3 is 0 Å². The minimum Gasteiger partial charge on any atom is -0.497 e. The summed E-state index contributed by atoms with van der Waals surface area (Å²) in [6.07, 6.45) is 2.58. The second-order valence-electron chi connectivity index (χ2n) is 5.90. The van der Waals surface area contributed by atoms with Crippen molar-refractivity contribution in [3.05, 3.63) is 59.5 Å². The van der Waals surface area contributed by atoms with Crippen molar-refractivity contribution in [1.29, 1.82) is 0 Å².